The van der Waals surface area contributed by atoms with Crippen LogP contribution in [0.4, 0.5) is 13.2 Å². The summed E-state index contributed by atoms with van der Waals surface area (Å²) in [6.45, 7) is 0. The largest absolute Gasteiger partial charge is 0.364 e. The van der Waals surface area contributed by atoms with Crippen molar-refractivity contribution < 1.29 is 18.0 Å². The molecule has 0 aromatic heterocycles. The molecule has 6 heteroatoms. The first-order chi connectivity index (χ1) is 6.37. The molecular weight excluding hydrogens is 263 g/mol. The third kappa shape index (κ3) is 1.75. The van der Waals surface area contributed by atoms with Gasteiger partial charge in [0.2, 0.25) is 0 Å². The number of hydrogen-bond acceptors (Lipinski definition) is 1. The van der Waals surface area contributed by atoms with Crippen LogP contribution in [0.2, 0.25) is 0 Å². The van der Waals surface area contributed by atoms with Crippen LogP contribution in [0.5, 0.6) is 0 Å². The third-order valence-corrected chi connectivity index (χ3v) is 2.21. The molecular formula is C8H5BrF3NO. The summed E-state index contributed by atoms with van der Waals surface area (Å²) >= 11 is 2.73. The van der Waals surface area contributed by atoms with Gasteiger partial charge in [-0.3, -0.25) is 4.79 Å². The monoisotopic (exact) mass is 267 g/mol. The zero-order valence-corrected chi connectivity index (χ0v) is 8.32. The van der Waals surface area contributed by atoms with Crippen LogP contribution in [-0.4, -0.2) is 5.91 Å². The molecule has 0 fully saturated rings. The first-order valence-corrected chi connectivity index (χ1v) is 4.29. The van der Waals surface area contributed by atoms with E-state index in [1.165, 1.54) is 12.1 Å². The van der Waals surface area contributed by atoms with Crippen LogP contribution >= 0.6 is 15.9 Å². The summed E-state index contributed by atoms with van der Waals surface area (Å²) < 4.78 is 38.9. The van der Waals surface area contributed by atoms with Crippen LogP contribution < -0.4 is 5.73 Å². The average molecular weight is 268 g/mol. The molecule has 2 nitrogen and oxygen atoms in total. The van der Waals surface area contributed by atoms with Crippen LogP contribution in [0.15, 0.2) is 22.7 Å². The number of carbonyl (C=O) groups excluding carboxylic acids is 1. The fraction of sp³-hybridized carbons (Fsp3) is 0.125. The maximum atomic E-state index is 13.1. The van der Waals surface area contributed by atoms with Gasteiger partial charge in [-0.15, -0.1) is 0 Å². The first-order valence-electron chi connectivity index (χ1n) is 3.49. The molecule has 76 valence electrons. The van der Waals surface area contributed by atoms with Gasteiger partial charge < -0.3 is 5.73 Å². The van der Waals surface area contributed by atoms with Crippen LogP contribution in [0, 0.1) is 5.82 Å². The van der Waals surface area contributed by atoms with E-state index in [2.05, 4.69) is 21.7 Å². The quantitative estimate of drug-likeness (QED) is 0.877. The Morgan fingerprint density at radius 2 is 2.00 bits per heavy atom. The normalized spacial score (nSPS) is 11.4. The van der Waals surface area contributed by atoms with E-state index in [-0.39, 0.29) is 4.47 Å². The van der Waals surface area contributed by atoms with Crippen molar-refractivity contribution in [1.82, 2.24) is 0 Å². The molecule has 1 rings (SSSR count). The predicted molar refractivity (Wildman–Crippen MR) is 47.2 cm³/mol. The van der Waals surface area contributed by atoms with Crippen molar-refractivity contribution in [3.63, 3.8) is 0 Å². The van der Waals surface area contributed by atoms with Gasteiger partial charge >= 0.3 is 5.92 Å². The molecule has 0 atom stereocenters. The standard InChI is InChI=1S/C8H5BrF3NO/c9-5-3-1-2-4(6(5)10)8(11,12)7(13)14/h1-3H,(H2,13,14). The molecule has 14 heavy (non-hydrogen) atoms. The van der Waals surface area contributed by atoms with Crippen LogP contribution in [0.3, 0.4) is 0 Å². The Kier molecular flexibility index (Phi) is 2.84. The van der Waals surface area contributed by atoms with E-state index in [0.29, 0.717) is 0 Å². The molecule has 0 bridgehead atoms. The second-order valence-electron chi connectivity index (χ2n) is 2.54. The SMILES string of the molecule is NC(=O)C(F)(F)c1cccc(Br)c1F. The Morgan fingerprint density at radius 1 is 1.43 bits per heavy atom. The number of alkyl halides is 2. The zero-order valence-electron chi connectivity index (χ0n) is 6.73. The fourth-order valence-electron chi connectivity index (χ4n) is 0.879. The molecule has 0 saturated heterocycles. The molecule has 0 unspecified atom stereocenters. The summed E-state index contributed by atoms with van der Waals surface area (Å²) in [4.78, 5) is 10.4. The number of carbonyl (C=O) groups is 1. The molecule has 0 radical (unpaired) electrons. The number of nitrogens with two attached hydrogens (primary N) is 1. The minimum Gasteiger partial charge on any atom is -0.364 e. The number of halogens is 4. The molecule has 0 aliphatic rings. The molecule has 0 saturated carbocycles. The Bertz CT molecular complexity index is 381. The van der Waals surface area contributed by atoms with E-state index in [1.807, 2.05) is 0 Å². The molecule has 0 heterocycles. The molecule has 0 aliphatic carbocycles. The molecule has 0 aliphatic heterocycles. The zero-order chi connectivity index (χ0) is 10.9. The highest BCUT2D eigenvalue weighted by Crippen LogP contribution is 2.32. The lowest BCUT2D eigenvalue weighted by Gasteiger charge is -2.13. The van der Waals surface area contributed by atoms with Crippen molar-refractivity contribution in [3.8, 4) is 0 Å². The second-order valence-corrected chi connectivity index (χ2v) is 3.39. The van der Waals surface area contributed by atoms with E-state index < -0.39 is 23.2 Å². The lowest BCUT2D eigenvalue weighted by Crippen LogP contribution is -2.33. The number of benzene rings is 1. The van der Waals surface area contributed by atoms with Crippen LogP contribution in [0.25, 0.3) is 0 Å². The van der Waals surface area contributed by atoms with Crippen molar-refractivity contribution in [2.75, 3.05) is 0 Å². The minimum atomic E-state index is -3.99. The summed E-state index contributed by atoms with van der Waals surface area (Å²) in [5, 5.41) is 0. The maximum Gasteiger partial charge on any atom is 0.352 e. The first kappa shape index (κ1) is 11.0. The van der Waals surface area contributed by atoms with E-state index >= 15 is 0 Å². The lowest BCUT2D eigenvalue weighted by molar-refractivity contribution is -0.143. The third-order valence-electron chi connectivity index (χ3n) is 1.60. The summed E-state index contributed by atoms with van der Waals surface area (Å²) in [7, 11) is 0. The summed E-state index contributed by atoms with van der Waals surface area (Å²) in [5.41, 5.74) is 3.42. The highest BCUT2D eigenvalue weighted by molar-refractivity contribution is 9.10. The molecule has 1 amide bonds. The molecule has 2 N–H and O–H groups in total. The Hall–Kier alpha value is -1.04. The van der Waals surface area contributed by atoms with Crippen molar-refractivity contribution in [3.05, 3.63) is 34.1 Å². The predicted octanol–water partition coefficient (Wildman–Crippen LogP) is 2.17. The van der Waals surface area contributed by atoms with Gasteiger partial charge in [0, 0.05) is 0 Å². The van der Waals surface area contributed by atoms with Gasteiger partial charge in [-0.25, -0.2) is 4.39 Å². The average Bonchev–Trinajstić information content (AvgIpc) is 2.09. The van der Waals surface area contributed by atoms with Gasteiger partial charge in [-0.05, 0) is 28.1 Å². The Morgan fingerprint density at radius 3 is 2.50 bits per heavy atom. The number of primary amides is 1. The summed E-state index contributed by atoms with van der Waals surface area (Å²) in [6, 6.07) is 3.25. The number of amides is 1. The Labute approximate surface area is 86.0 Å². The Balaban J connectivity index is 3.33. The van der Waals surface area contributed by atoms with Crippen molar-refractivity contribution in [2.45, 2.75) is 5.92 Å². The van der Waals surface area contributed by atoms with Crippen molar-refractivity contribution >= 4 is 21.8 Å². The molecule has 1 aromatic carbocycles. The van der Waals surface area contributed by atoms with Gasteiger partial charge in [0.1, 0.15) is 5.82 Å². The van der Waals surface area contributed by atoms with Gasteiger partial charge in [0.05, 0.1) is 10.0 Å². The second kappa shape index (κ2) is 3.61. The lowest BCUT2D eigenvalue weighted by atomic mass is 10.1. The summed E-state index contributed by atoms with van der Waals surface area (Å²) in [5.74, 6) is -7.06. The van der Waals surface area contributed by atoms with Gasteiger partial charge in [0.25, 0.3) is 5.91 Å². The number of rotatable bonds is 2. The number of hydrogen-bond donors (Lipinski definition) is 1. The molecule has 0 spiro atoms. The van der Waals surface area contributed by atoms with Crippen LogP contribution in [0.1, 0.15) is 5.56 Å². The highest BCUT2D eigenvalue weighted by atomic mass is 79.9. The minimum absolute atomic E-state index is 0.143. The maximum absolute atomic E-state index is 13.1. The van der Waals surface area contributed by atoms with Gasteiger partial charge in [0.15, 0.2) is 0 Å². The topological polar surface area (TPSA) is 43.1 Å². The van der Waals surface area contributed by atoms with E-state index in [0.717, 1.165) is 6.07 Å². The summed E-state index contributed by atoms with van der Waals surface area (Å²) in [6.07, 6.45) is 0. The van der Waals surface area contributed by atoms with E-state index in [9.17, 15) is 18.0 Å². The van der Waals surface area contributed by atoms with E-state index in [1.54, 1.807) is 0 Å². The van der Waals surface area contributed by atoms with Crippen LogP contribution in [-0.2, 0) is 10.7 Å². The van der Waals surface area contributed by atoms with Crippen molar-refractivity contribution in [1.29, 1.82) is 0 Å². The van der Waals surface area contributed by atoms with E-state index in [4.69, 9.17) is 0 Å². The fourth-order valence-corrected chi connectivity index (χ4v) is 1.25. The van der Waals surface area contributed by atoms with Crippen molar-refractivity contribution in [2.24, 2.45) is 5.73 Å². The van der Waals surface area contributed by atoms with Gasteiger partial charge in [-0.1, -0.05) is 6.07 Å². The molecule has 1 aromatic rings. The smallest absolute Gasteiger partial charge is 0.352 e. The van der Waals surface area contributed by atoms with Gasteiger partial charge in [-0.2, -0.15) is 8.78 Å². The highest BCUT2D eigenvalue weighted by Gasteiger charge is 2.41.